The van der Waals surface area contributed by atoms with Crippen molar-refractivity contribution in [2.24, 2.45) is 0 Å². The Kier molecular flexibility index (Phi) is 6.88. The fraction of sp³-hybridized carbons (Fsp3) is 0.391. The molecule has 1 aliphatic rings. The fourth-order valence-corrected chi connectivity index (χ4v) is 3.66. The Balaban J connectivity index is 1.53. The molecule has 154 valence electrons. The van der Waals surface area contributed by atoms with Gasteiger partial charge in [-0.25, -0.2) is 0 Å². The van der Waals surface area contributed by atoms with Crippen LogP contribution < -0.4 is 15.5 Å². The molecule has 29 heavy (non-hydrogen) atoms. The molecule has 0 radical (unpaired) electrons. The number of anilines is 2. The molecule has 1 heterocycles. The Bertz CT molecular complexity index is 856. The van der Waals surface area contributed by atoms with Gasteiger partial charge < -0.3 is 20.3 Å². The van der Waals surface area contributed by atoms with Crippen LogP contribution in [0.4, 0.5) is 11.4 Å². The average Bonchev–Trinajstić information content (AvgIpc) is 2.73. The van der Waals surface area contributed by atoms with Crippen molar-refractivity contribution in [3.63, 3.8) is 0 Å². The minimum atomic E-state index is -0.231. The summed E-state index contributed by atoms with van der Waals surface area (Å²) in [6, 6.07) is 14.1. The predicted molar refractivity (Wildman–Crippen MR) is 116 cm³/mol. The molecule has 1 saturated heterocycles. The number of amides is 1. The Morgan fingerprint density at radius 3 is 2.38 bits per heavy atom. The summed E-state index contributed by atoms with van der Waals surface area (Å²) in [6.07, 6.45) is 1.95. The second-order valence-electron chi connectivity index (χ2n) is 7.54. The molecule has 0 aliphatic carbocycles. The molecule has 0 saturated carbocycles. The van der Waals surface area contributed by atoms with E-state index in [2.05, 4.69) is 20.3 Å². The highest BCUT2D eigenvalue weighted by Crippen LogP contribution is 2.23. The summed E-state index contributed by atoms with van der Waals surface area (Å²) in [7, 11) is 1.40. The van der Waals surface area contributed by atoms with Gasteiger partial charge in [0.25, 0.3) is 5.91 Å². The number of esters is 1. The summed E-state index contributed by atoms with van der Waals surface area (Å²) in [6.45, 7) is 6.08. The van der Waals surface area contributed by atoms with Crippen LogP contribution in [0.5, 0.6) is 0 Å². The SMILES string of the molecule is COC(=O)CNC1CCN(c2ccc(NC(=O)c3ccc(C)cc3C)cc2)CC1. The van der Waals surface area contributed by atoms with E-state index >= 15 is 0 Å². The van der Waals surface area contributed by atoms with Crippen molar-refractivity contribution in [3.8, 4) is 0 Å². The normalized spacial score (nSPS) is 14.5. The first-order valence-corrected chi connectivity index (χ1v) is 10.00. The summed E-state index contributed by atoms with van der Waals surface area (Å²) >= 11 is 0. The van der Waals surface area contributed by atoms with Gasteiger partial charge in [-0.3, -0.25) is 9.59 Å². The predicted octanol–water partition coefficient (Wildman–Crippen LogP) is 3.29. The molecule has 0 spiro atoms. The van der Waals surface area contributed by atoms with Gasteiger partial charge in [-0.15, -0.1) is 0 Å². The molecule has 2 aromatic carbocycles. The van der Waals surface area contributed by atoms with Crippen molar-refractivity contribution in [2.75, 3.05) is 37.0 Å². The number of carbonyl (C=O) groups is 2. The molecule has 0 aromatic heterocycles. The van der Waals surface area contributed by atoms with Gasteiger partial charge in [-0.1, -0.05) is 17.7 Å². The summed E-state index contributed by atoms with van der Waals surface area (Å²) in [5, 5.41) is 6.23. The summed E-state index contributed by atoms with van der Waals surface area (Å²) < 4.78 is 4.67. The van der Waals surface area contributed by atoms with Crippen molar-refractivity contribution in [2.45, 2.75) is 32.7 Å². The van der Waals surface area contributed by atoms with Gasteiger partial charge in [0.05, 0.1) is 13.7 Å². The van der Waals surface area contributed by atoms with Crippen LogP contribution in [0.15, 0.2) is 42.5 Å². The lowest BCUT2D eigenvalue weighted by molar-refractivity contribution is -0.139. The number of benzene rings is 2. The maximum atomic E-state index is 12.5. The van der Waals surface area contributed by atoms with Crippen LogP contribution in [-0.4, -0.2) is 44.7 Å². The first kappa shape index (κ1) is 20.9. The third kappa shape index (κ3) is 5.57. The maximum absolute atomic E-state index is 12.5. The van der Waals surface area contributed by atoms with Crippen LogP contribution in [0.2, 0.25) is 0 Å². The van der Waals surface area contributed by atoms with Crippen molar-refractivity contribution < 1.29 is 14.3 Å². The fourth-order valence-electron chi connectivity index (χ4n) is 3.66. The van der Waals surface area contributed by atoms with Crippen LogP contribution in [-0.2, 0) is 9.53 Å². The van der Waals surface area contributed by atoms with Gasteiger partial charge in [0, 0.05) is 36.1 Å². The molecule has 1 aliphatic heterocycles. The van der Waals surface area contributed by atoms with Crippen LogP contribution in [0.3, 0.4) is 0 Å². The Morgan fingerprint density at radius 2 is 1.76 bits per heavy atom. The highest BCUT2D eigenvalue weighted by atomic mass is 16.5. The van der Waals surface area contributed by atoms with E-state index in [1.165, 1.54) is 7.11 Å². The number of nitrogens with one attached hydrogen (secondary N) is 2. The summed E-state index contributed by atoms with van der Waals surface area (Å²) in [5.41, 5.74) is 4.74. The number of methoxy groups -OCH3 is 1. The molecule has 6 heteroatoms. The van der Waals surface area contributed by atoms with Gasteiger partial charge in [-0.2, -0.15) is 0 Å². The number of hydrogen-bond donors (Lipinski definition) is 2. The number of nitrogens with zero attached hydrogens (tertiary/aromatic N) is 1. The van der Waals surface area contributed by atoms with Crippen LogP contribution in [0.1, 0.15) is 34.3 Å². The second-order valence-corrected chi connectivity index (χ2v) is 7.54. The molecule has 2 N–H and O–H groups in total. The largest absolute Gasteiger partial charge is 0.468 e. The summed E-state index contributed by atoms with van der Waals surface area (Å²) in [4.78, 5) is 26.1. The number of carbonyl (C=O) groups excluding carboxylic acids is 2. The van der Waals surface area contributed by atoms with Crippen LogP contribution >= 0.6 is 0 Å². The number of piperidine rings is 1. The van der Waals surface area contributed by atoms with Crippen LogP contribution in [0.25, 0.3) is 0 Å². The third-order valence-electron chi connectivity index (χ3n) is 5.37. The van der Waals surface area contributed by atoms with E-state index in [1.807, 2.05) is 56.3 Å². The minimum absolute atomic E-state index is 0.0901. The van der Waals surface area contributed by atoms with E-state index in [1.54, 1.807) is 0 Å². The van der Waals surface area contributed by atoms with E-state index < -0.39 is 0 Å². The summed E-state index contributed by atoms with van der Waals surface area (Å²) in [5.74, 6) is -0.321. The van der Waals surface area contributed by atoms with E-state index in [9.17, 15) is 9.59 Å². The maximum Gasteiger partial charge on any atom is 0.319 e. The second kappa shape index (κ2) is 9.56. The molecule has 0 atom stereocenters. The highest BCUT2D eigenvalue weighted by molar-refractivity contribution is 6.05. The molecule has 6 nitrogen and oxygen atoms in total. The number of rotatable bonds is 6. The van der Waals surface area contributed by atoms with Crippen molar-refractivity contribution in [1.29, 1.82) is 0 Å². The zero-order chi connectivity index (χ0) is 20.8. The average molecular weight is 396 g/mol. The zero-order valence-corrected chi connectivity index (χ0v) is 17.3. The van der Waals surface area contributed by atoms with Crippen LogP contribution in [0, 0.1) is 13.8 Å². The first-order valence-electron chi connectivity index (χ1n) is 10.00. The molecule has 0 unspecified atom stereocenters. The lowest BCUT2D eigenvalue weighted by atomic mass is 10.0. The van der Waals surface area contributed by atoms with Crippen molar-refractivity contribution >= 4 is 23.3 Å². The number of ether oxygens (including phenoxy) is 1. The van der Waals surface area contributed by atoms with Gasteiger partial charge >= 0.3 is 5.97 Å². The molecule has 1 fully saturated rings. The highest BCUT2D eigenvalue weighted by Gasteiger charge is 2.20. The number of aryl methyl sites for hydroxylation is 2. The van der Waals surface area contributed by atoms with Gasteiger partial charge in [0.2, 0.25) is 0 Å². The molecule has 1 amide bonds. The molecular weight excluding hydrogens is 366 g/mol. The molecule has 0 bridgehead atoms. The lowest BCUT2D eigenvalue weighted by Crippen LogP contribution is -2.44. The third-order valence-corrected chi connectivity index (χ3v) is 5.37. The van der Waals surface area contributed by atoms with E-state index in [0.29, 0.717) is 11.6 Å². The lowest BCUT2D eigenvalue weighted by Gasteiger charge is -2.34. The van der Waals surface area contributed by atoms with Gasteiger partial charge in [0.15, 0.2) is 0 Å². The van der Waals surface area contributed by atoms with Crippen molar-refractivity contribution in [1.82, 2.24) is 5.32 Å². The topological polar surface area (TPSA) is 70.7 Å². The zero-order valence-electron chi connectivity index (χ0n) is 17.3. The van der Waals surface area contributed by atoms with Crippen molar-refractivity contribution in [3.05, 3.63) is 59.2 Å². The van der Waals surface area contributed by atoms with Gasteiger partial charge in [-0.05, 0) is 62.6 Å². The quantitative estimate of drug-likeness (QED) is 0.735. The van der Waals surface area contributed by atoms with E-state index in [0.717, 1.165) is 48.4 Å². The molecule has 3 rings (SSSR count). The number of hydrogen-bond acceptors (Lipinski definition) is 5. The molecular formula is C23H29N3O3. The van der Waals surface area contributed by atoms with E-state index in [4.69, 9.17) is 0 Å². The smallest absolute Gasteiger partial charge is 0.319 e. The monoisotopic (exact) mass is 395 g/mol. The Hall–Kier alpha value is -2.86. The Morgan fingerprint density at radius 1 is 1.07 bits per heavy atom. The first-order chi connectivity index (χ1) is 14.0. The van der Waals surface area contributed by atoms with E-state index in [-0.39, 0.29) is 18.4 Å². The Labute approximate surface area is 172 Å². The standard InChI is InChI=1S/C23H29N3O3/c1-16-4-9-21(17(2)14-16)23(28)25-19-5-7-20(8-6-19)26-12-10-18(11-13-26)24-15-22(27)29-3/h4-9,14,18,24H,10-13,15H2,1-3H3,(H,25,28). The minimum Gasteiger partial charge on any atom is -0.468 e. The molecule has 2 aromatic rings. The van der Waals surface area contributed by atoms with Gasteiger partial charge in [0.1, 0.15) is 0 Å².